The number of hydrogen-bond donors (Lipinski definition) is 1. The molecule has 0 saturated heterocycles. The first-order chi connectivity index (χ1) is 16.4. The fourth-order valence-electron chi connectivity index (χ4n) is 3.44. The summed E-state index contributed by atoms with van der Waals surface area (Å²) >= 11 is 0. The van der Waals surface area contributed by atoms with Crippen molar-refractivity contribution >= 4 is 12.1 Å². The zero-order valence-electron chi connectivity index (χ0n) is 20.0. The van der Waals surface area contributed by atoms with Crippen LogP contribution >= 0.6 is 0 Å². The summed E-state index contributed by atoms with van der Waals surface area (Å²) in [5, 5.41) is 9.23. The van der Waals surface area contributed by atoms with Crippen LogP contribution < -0.4 is 9.47 Å². The normalized spacial score (nSPS) is 11.8. The van der Waals surface area contributed by atoms with Crippen molar-refractivity contribution in [2.45, 2.75) is 46.1 Å². The number of nitrogens with zero attached hydrogens (tertiary/aromatic N) is 1. The molecular formula is C26H34FNO6. The highest BCUT2D eigenvalue weighted by molar-refractivity contribution is 5.72. The topological polar surface area (TPSA) is 85.3 Å². The number of carboxylic acid groups (broad SMARTS) is 1. The number of carbonyl (C=O) groups is 2. The summed E-state index contributed by atoms with van der Waals surface area (Å²) in [5.74, 6) is -0.396. The molecule has 0 aliphatic rings. The molecule has 1 amide bonds. The number of carboxylic acids is 1. The van der Waals surface area contributed by atoms with E-state index < -0.39 is 24.0 Å². The minimum absolute atomic E-state index is 0.155. The first kappa shape index (κ1) is 27.1. The van der Waals surface area contributed by atoms with E-state index in [0.717, 1.165) is 18.4 Å². The number of benzene rings is 2. The summed E-state index contributed by atoms with van der Waals surface area (Å²) in [4.78, 5) is 25.6. The summed E-state index contributed by atoms with van der Waals surface area (Å²) in [6.45, 7) is 7.29. The molecule has 0 aliphatic heterocycles. The second kappa shape index (κ2) is 14.2. The Morgan fingerprint density at radius 3 is 2.32 bits per heavy atom. The summed E-state index contributed by atoms with van der Waals surface area (Å²) in [6.07, 6.45) is 0.661. The number of rotatable bonds is 14. The second-order valence-corrected chi connectivity index (χ2v) is 7.93. The van der Waals surface area contributed by atoms with Gasteiger partial charge in [-0.2, -0.15) is 0 Å². The molecule has 0 heterocycles. The van der Waals surface area contributed by atoms with Gasteiger partial charge in [-0.1, -0.05) is 44.9 Å². The molecule has 0 aromatic heterocycles. The molecule has 0 bridgehead atoms. The minimum Gasteiger partial charge on any atom is -0.492 e. The molecule has 0 fully saturated rings. The highest BCUT2D eigenvalue weighted by atomic mass is 19.1. The van der Waals surface area contributed by atoms with Crippen molar-refractivity contribution in [2.75, 3.05) is 26.3 Å². The first-order valence-corrected chi connectivity index (χ1v) is 11.6. The molecule has 2 rings (SSSR count). The Kier molecular flexibility index (Phi) is 11.3. The van der Waals surface area contributed by atoms with Crippen LogP contribution in [0.25, 0.3) is 0 Å². The monoisotopic (exact) mass is 475 g/mol. The zero-order chi connectivity index (χ0) is 24.9. The molecule has 2 aromatic carbocycles. The van der Waals surface area contributed by atoms with Crippen LogP contribution in [0.4, 0.5) is 9.18 Å². The van der Waals surface area contributed by atoms with Crippen molar-refractivity contribution in [2.24, 2.45) is 5.92 Å². The Balaban J connectivity index is 1.95. The van der Waals surface area contributed by atoms with Crippen LogP contribution in [0, 0.1) is 11.7 Å². The lowest BCUT2D eigenvalue weighted by molar-refractivity contribution is -0.149. The largest absolute Gasteiger partial charge is 0.492 e. The van der Waals surface area contributed by atoms with Gasteiger partial charge in [-0.3, -0.25) is 0 Å². The van der Waals surface area contributed by atoms with Gasteiger partial charge in [-0.15, -0.1) is 0 Å². The lowest BCUT2D eigenvalue weighted by Gasteiger charge is -2.26. The lowest BCUT2D eigenvalue weighted by atomic mass is 10.0. The summed E-state index contributed by atoms with van der Waals surface area (Å²) < 4.78 is 29.9. The van der Waals surface area contributed by atoms with Crippen LogP contribution in [0.2, 0.25) is 0 Å². The molecule has 7 nitrogen and oxygen atoms in total. The van der Waals surface area contributed by atoms with Crippen LogP contribution in [0.3, 0.4) is 0 Å². The Morgan fingerprint density at radius 2 is 1.74 bits per heavy atom. The van der Waals surface area contributed by atoms with Crippen LogP contribution in [-0.4, -0.2) is 54.5 Å². The molecule has 186 valence electrons. The first-order valence-electron chi connectivity index (χ1n) is 11.6. The highest BCUT2D eigenvalue weighted by Gasteiger charge is 2.20. The van der Waals surface area contributed by atoms with Crippen molar-refractivity contribution in [1.29, 1.82) is 0 Å². The lowest BCUT2D eigenvalue weighted by Crippen LogP contribution is -2.40. The molecule has 34 heavy (non-hydrogen) atoms. The van der Waals surface area contributed by atoms with Crippen molar-refractivity contribution in [3.05, 3.63) is 59.9 Å². The Labute approximate surface area is 200 Å². The smallest absolute Gasteiger partial charge is 0.415 e. The van der Waals surface area contributed by atoms with Gasteiger partial charge in [-0.05, 0) is 42.7 Å². The summed E-state index contributed by atoms with van der Waals surface area (Å²) in [6, 6.07) is 12.6. The SMILES string of the molecule is CCOC(Cc1ccc(OCCN(CC(CC)CC)C(=O)Oc2cccc(F)c2)cc1)C(=O)O. The Morgan fingerprint density at radius 1 is 1.03 bits per heavy atom. The minimum atomic E-state index is -0.996. The molecule has 0 aliphatic carbocycles. The molecule has 1 atom stereocenters. The van der Waals surface area contributed by atoms with Gasteiger partial charge in [0.2, 0.25) is 0 Å². The van der Waals surface area contributed by atoms with Crippen molar-refractivity contribution in [3.63, 3.8) is 0 Å². The molecule has 1 unspecified atom stereocenters. The third-order valence-corrected chi connectivity index (χ3v) is 5.51. The fraction of sp³-hybridized carbons (Fsp3) is 0.462. The second-order valence-electron chi connectivity index (χ2n) is 7.93. The predicted molar refractivity (Wildman–Crippen MR) is 127 cm³/mol. The number of ether oxygens (including phenoxy) is 3. The number of hydrogen-bond acceptors (Lipinski definition) is 5. The van der Waals surface area contributed by atoms with Gasteiger partial charge < -0.3 is 24.2 Å². The standard InChI is InChI=1S/C26H34FNO6/c1-4-19(5-2)18-28(26(31)34-23-9-7-8-21(27)17-23)14-15-33-22-12-10-20(11-13-22)16-24(25(29)30)32-6-3/h7-13,17,19,24H,4-6,14-16,18H2,1-3H3,(H,29,30). The molecule has 0 spiro atoms. The third kappa shape index (κ3) is 9.02. The van der Waals surface area contributed by atoms with Gasteiger partial charge in [0.05, 0.1) is 6.54 Å². The maximum absolute atomic E-state index is 13.4. The van der Waals surface area contributed by atoms with E-state index in [1.54, 1.807) is 36.1 Å². The molecule has 8 heteroatoms. The van der Waals surface area contributed by atoms with E-state index in [9.17, 15) is 19.1 Å². The maximum atomic E-state index is 13.4. The van der Waals surface area contributed by atoms with E-state index >= 15 is 0 Å². The van der Waals surface area contributed by atoms with E-state index in [1.807, 2.05) is 0 Å². The molecule has 1 N–H and O–H groups in total. The van der Waals surface area contributed by atoms with Gasteiger partial charge in [0.25, 0.3) is 0 Å². The van der Waals surface area contributed by atoms with E-state index in [4.69, 9.17) is 14.2 Å². The van der Waals surface area contributed by atoms with Crippen molar-refractivity contribution in [1.82, 2.24) is 4.90 Å². The van der Waals surface area contributed by atoms with Crippen molar-refractivity contribution in [3.8, 4) is 11.5 Å². The number of amides is 1. The number of carbonyl (C=O) groups excluding carboxylic acids is 1. The van der Waals surface area contributed by atoms with Crippen molar-refractivity contribution < 1.29 is 33.3 Å². The Bertz CT molecular complexity index is 900. The van der Waals surface area contributed by atoms with Gasteiger partial charge in [-0.25, -0.2) is 14.0 Å². The van der Waals surface area contributed by atoms with Crippen LogP contribution in [0.5, 0.6) is 11.5 Å². The molecule has 0 saturated carbocycles. The number of aliphatic carboxylic acids is 1. The Hall–Kier alpha value is -3.13. The van der Waals surface area contributed by atoms with Crippen LogP contribution in [-0.2, 0) is 16.0 Å². The van der Waals surface area contributed by atoms with Gasteiger partial charge in [0.15, 0.2) is 6.10 Å². The van der Waals surface area contributed by atoms with Gasteiger partial charge in [0, 0.05) is 25.6 Å². The van der Waals surface area contributed by atoms with E-state index in [-0.39, 0.29) is 18.8 Å². The highest BCUT2D eigenvalue weighted by Crippen LogP contribution is 2.17. The third-order valence-electron chi connectivity index (χ3n) is 5.51. The van der Waals surface area contributed by atoms with E-state index in [1.165, 1.54) is 24.3 Å². The van der Waals surface area contributed by atoms with Gasteiger partial charge in [0.1, 0.15) is 23.9 Å². The molecular weight excluding hydrogens is 441 g/mol. The predicted octanol–water partition coefficient (Wildman–Crippen LogP) is 5.17. The molecule has 0 radical (unpaired) electrons. The number of halogens is 1. The summed E-state index contributed by atoms with van der Waals surface area (Å²) in [5.41, 5.74) is 0.822. The maximum Gasteiger partial charge on any atom is 0.415 e. The van der Waals surface area contributed by atoms with Crippen LogP contribution in [0.1, 0.15) is 39.2 Å². The quantitative estimate of drug-likeness (QED) is 0.406. The zero-order valence-corrected chi connectivity index (χ0v) is 20.0. The van der Waals surface area contributed by atoms with E-state index in [0.29, 0.717) is 31.4 Å². The molecule has 2 aromatic rings. The fourth-order valence-corrected chi connectivity index (χ4v) is 3.44. The average molecular weight is 476 g/mol. The van der Waals surface area contributed by atoms with E-state index in [2.05, 4.69) is 13.8 Å². The summed E-state index contributed by atoms with van der Waals surface area (Å²) in [7, 11) is 0. The van der Waals surface area contributed by atoms with Gasteiger partial charge >= 0.3 is 12.1 Å². The van der Waals surface area contributed by atoms with Crippen LogP contribution in [0.15, 0.2) is 48.5 Å². The average Bonchev–Trinajstić information content (AvgIpc) is 2.82.